The van der Waals surface area contributed by atoms with Crippen molar-refractivity contribution < 1.29 is 23.9 Å². The molecule has 142 valence electrons. The summed E-state index contributed by atoms with van der Waals surface area (Å²) in [5.41, 5.74) is 0.422. The molecule has 1 N–H and O–H groups in total. The highest BCUT2D eigenvalue weighted by Crippen LogP contribution is 2.19. The molecule has 1 heterocycles. The Bertz CT molecular complexity index is 661. The lowest BCUT2D eigenvalue weighted by atomic mass is 10.1. The van der Waals surface area contributed by atoms with Gasteiger partial charge in [0.1, 0.15) is 11.8 Å². The predicted octanol–water partition coefficient (Wildman–Crippen LogP) is 1.76. The zero-order chi connectivity index (χ0) is 19.1. The maximum absolute atomic E-state index is 12.9. The molecule has 1 aliphatic rings. The van der Waals surface area contributed by atoms with Gasteiger partial charge in [-0.2, -0.15) is 0 Å². The van der Waals surface area contributed by atoms with Crippen LogP contribution in [0.5, 0.6) is 5.75 Å². The van der Waals surface area contributed by atoms with Crippen LogP contribution in [0.15, 0.2) is 24.3 Å². The number of hydrogen-bond acceptors (Lipinski definition) is 5. The second-order valence-corrected chi connectivity index (χ2v) is 6.18. The van der Waals surface area contributed by atoms with Gasteiger partial charge in [0.05, 0.1) is 19.1 Å². The Balaban J connectivity index is 2.15. The zero-order valence-electron chi connectivity index (χ0n) is 15.5. The van der Waals surface area contributed by atoms with Crippen LogP contribution in [0.1, 0.15) is 44.0 Å². The van der Waals surface area contributed by atoms with Crippen molar-refractivity contribution in [3.8, 4) is 5.75 Å². The first kappa shape index (κ1) is 19.8. The van der Waals surface area contributed by atoms with Gasteiger partial charge in [0, 0.05) is 18.7 Å². The van der Waals surface area contributed by atoms with Crippen LogP contribution in [0.4, 0.5) is 0 Å². The molecule has 2 rings (SSSR count). The molecular formula is C19H26N2O5. The van der Waals surface area contributed by atoms with Crippen LogP contribution in [0.2, 0.25) is 0 Å². The van der Waals surface area contributed by atoms with Crippen LogP contribution in [-0.4, -0.2) is 54.5 Å². The van der Waals surface area contributed by atoms with E-state index in [0.29, 0.717) is 37.4 Å². The Morgan fingerprint density at radius 2 is 2.12 bits per heavy atom. The number of ether oxygens (including phenoxy) is 2. The minimum atomic E-state index is -0.872. The van der Waals surface area contributed by atoms with Gasteiger partial charge in [0.25, 0.3) is 5.91 Å². The van der Waals surface area contributed by atoms with Gasteiger partial charge < -0.3 is 19.7 Å². The highest BCUT2D eigenvalue weighted by atomic mass is 16.5. The highest BCUT2D eigenvalue weighted by molar-refractivity contribution is 5.99. The van der Waals surface area contributed by atoms with E-state index in [4.69, 9.17) is 9.47 Å². The van der Waals surface area contributed by atoms with Crippen LogP contribution < -0.4 is 10.1 Å². The Labute approximate surface area is 153 Å². The standard InChI is InChI=1S/C19H26N2O5/c1-4-13(3)26-17(22)12-16-18(23)20-9-10-21(16)19(24)14-7-6-8-15(11-14)25-5-2/h6-8,11,13,16H,4-5,9-10,12H2,1-3H3,(H,20,23). The van der Waals surface area contributed by atoms with Crippen molar-refractivity contribution in [3.05, 3.63) is 29.8 Å². The molecule has 26 heavy (non-hydrogen) atoms. The number of esters is 1. The fourth-order valence-corrected chi connectivity index (χ4v) is 2.73. The Hall–Kier alpha value is -2.57. The third kappa shape index (κ3) is 4.97. The number of nitrogens with zero attached hydrogens (tertiary/aromatic N) is 1. The van der Waals surface area contributed by atoms with Crippen LogP contribution in [0.25, 0.3) is 0 Å². The van der Waals surface area contributed by atoms with E-state index in [1.165, 1.54) is 4.90 Å². The number of hydrogen-bond donors (Lipinski definition) is 1. The minimum Gasteiger partial charge on any atom is -0.494 e. The van der Waals surface area contributed by atoms with Gasteiger partial charge in [-0.1, -0.05) is 13.0 Å². The van der Waals surface area contributed by atoms with Gasteiger partial charge in [-0.25, -0.2) is 0 Å². The van der Waals surface area contributed by atoms with Crippen molar-refractivity contribution in [2.75, 3.05) is 19.7 Å². The normalized spacial score (nSPS) is 18.0. The van der Waals surface area contributed by atoms with Crippen molar-refractivity contribution in [2.24, 2.45) is 0 Å². The molecule has 0 spiro atoms. The van der Waals surface area contributed by atoms with E-state index in [-0.39, 0.29) is 24.3 Å². The molecule has 0 aliphatic carbocycles. The monoisotopic (exact) mass is 362 g/mol. The average molecular weight is 362 g/mol. The molecule has 2 atom stereocenters. The smallest absolute Gasteiger partial charge is 0.308 e. The number of rotatable bonds is 7. The fraction of sp³-hybridized carbons (Fsp3) is 0.526. The van der Waals surface area contributed by atoms with Crippen molar-refractivity contribution in [1.82, 2.24) is 10.2 Å². The summed E-state index contributed by atoms with van der Waals surface area (Å²) >= 11 is 0. The summed E-state index contributed by atoms with van der Waals surface area (Å²) in [5.74, 6) is -0.538. The van der Waals surface area contributed by atoms with Crippen molar-refractivity contribution in [3.63, 3.8) is 0 Å². The quantitative estimate of drug-likeness (QED) is 0.747. The lowest BCUT2D eigenvalue weighted by molar-refractivity contribution is -0.151. The number of nitrogens with one attached hydrogen (secondary N) is 1. The zero-order valence-corrected chi connectivity index (χ0v) is 15.5. The second kappa shape index (κ2) is 9.22. The lowest BCUT2D eigenvalue weighted by Crippen LogP contribution is -2.57. The predicted molar refractivity (Wildman–Crippen MR) is 95.9 cm³/mol. The van der Waals surface area contributed by atoms with Crippen LogP contribution in [-0.2, 0) is 14.3 Å². The molecule has 1 aromatic rings. The Kier molecular flexibility index (Phi) is 7.00. The van der Waals surface area contributed by atoms with E-state index in [0.717, 1.165) is 0 Å². The molecule has 0 aromatic heterocycles. The highest BCUT2D eigenvalue weighted by Gasteiger charge is 2.35. The number of carbonyl (C=O) groups excluding carboxylic acids is 3. The van der Waals surface area contributed by atoms with Gasteiger partial charge in [-0.3, -0.25) is 14.4 Å². The first-order chi connectivity index (χ1) is 12.5. The number of carbonyl (C=O) groups is 3. The maximum Gasteiger partial charge on any atom is 0.308 e. The largest absolute Gasteiger partial charge is 0.494 e. The Morgan fingerprint density at radius 1 is 1.35 bits per heavy atom. The molecule has 1 saturated heterocycles. The Morgan fingerprint density at radius 3 is 2.81 bits per heavy atom. The molecular weight excluding hydrogens is 336 g/mol. The number of amides is 2. The van der Waals surface area contributed by atoms with Gasteiger partial charge >= 0.3 is 5.97 Å². The van der Waals surface area contributed by atoms with Crippen molar-refractivity contribution in [1.29, 1.82) is 0 Å². The van der Waals surface area contributed by atoms with E-state index in [1.807, 2.05) is 13.8 Å². The minimum absolute atomic E-state index is 0.160. The molecule has 1 aliphatic heterocycles. The van der Waals surface area contributed by atoms with Gasteiger partial charge in [0.2, 0.25) is 5.91 Å². The van der Waals surface area contributed by atoms with Crippen LogP contribution in [0, 0.1) is 0 Å². The molecule has 0 saturated carbocycles. The van der Waals surface area contributed by atoms with E-state index in [9.17, 15) is 14.4 Å². The topological polar surface area (TPSA) is 84.9 Å². The van der Waals surface area contributed by atoms with E-state index >= 15 is 0 Å². The summed E-state index contributed by atoms with van der Waals surface area (Å²) in [4.78, 5) is 38.7. The molecule has 0 radical (unpaired) electrons. The first-order valence-electron chi connectivity index (χ1n) is 8.97. The van der Waals surface area contributed by atoms with Gasteiger partial charge in [-0.05, 0) is 38.5 Å². The summed E-state index contributed by atoms with van der Waals surface area (Å²) < 4.78 is 10.7. The molecule has 2 amide bonds. The SMILES string of the molecule is CCOc1cccc(C(=O)N2CCNC(=O)C2CC(=O)OC(C)CC)c1. The third-order valence-corrected chi connectivity index (χ3v) is 4.25. The van der Waals surface area contributed by atoms with Crippen molar-refractivity contribution >= 4 is 17.8 Å². The van der Waals surface area contributed by atoms with E-state index in [2.05, 4.69) is 5.32 Å². The second-order valence-electron chi connectivity index (χ2n) is 6.18. The number of piperazine rings is 1. The first-order valence-corrected chi connectivity index (χ1v) is 8.97. The summed E-state index contributed by atoms with van der Waals surface area (Å²) in [5, 5.41) is 2.71. The lowest BCUT2D eigenvalue weighted by Gasteiger charge is -2.34. The molecule has 1 fully saturated rings. The molecule has 2 unspecified atom stereocenters. The summed E-state index contributed by atoms with van der Waals surface area (Å²) in [6, 6.07) is 5.95. The molecule has 0 bridgehead atoms. The summed E-state index contributed by atoms with van der Waals surface area (Å²) in [6.45, 7) is 6.75. The molecule has 1 aromatic carbocycles. The van der Waals surface area contributed by atoms with Crippen molar-refractivity contribution in [2.45, 2.75) is 45.8 Å². The summed E-state index contributed by atoms with van der Waals surface area (Å²) in [6.07, 6.45) is 0.309. The summed E-state index contributed by atoms with van der Waals surface area (Å²) in [7, 11) is 0. The fourth-order valence-electron chi connectivity index (χ4n) is 2.73. The number of benzene rings is 1. The van der Waals surface area contributed by atoms with Crippen LogP contribution >= 0.6 is 0 Å². The third-order valence-electron chi connectivity index (χ3n) is 4.25. The molecule has 7 heteroatoms. The van der Waals surface area contributed by atoms with Crippen LogP contribution in [0.3, 0.4) is 0 Å². The molecule has 7 nitrogen and oxygen atoms in total. The van der Waals surface area contributed by atoms with E-state index < -0.39 is 12.0 Å². The van der Waals surface area contributed by atoms with Gasteiger partial charge in [-0.15, -0.1) is 0 Å². The average Bonchev–Trinajstić information content (AvgIpc) is 2.63. The maximum atomic E-state index is 12.9. The van der Waals surface area contributed by atoms with E-state index in [1.54, 1.807) is 31.2 Å². The van der Waals surface area contributed by atoms with Gasteiger partial charge in [0.15, 0.2) is 0 Å².